The second-order valence-corrected chi connectivity index (χ2v) is 7.87. The molecule has 0 heterocycles. The molecule has 1 aromatic rings. The van der Waals surface area contributed by atoms with Crippen LogP contribution in [0.15, 0.2) is 23.1 Å². The smallest absolute Gasteiger partial charge is 0.181 e. The molecule has 0 saturated heterocycles. The Morgan fingerprint density at radius 3 is 2.60 bits per heavy atom. The first-order chi connectivity index (χ1) is 9.46. The number of rotatable bonds is 3. The fourth-order valence-electron chi connectivity index (χ4n) is 2.86. The van der Waals surface area contributed by atoms with Gasteiger partial charge < -0.3 is 5.73 Å². The molecule has 0 aromatic heterocycles. The van der Waals surface area contributed by atoms with E-state index in [1.807, 2.05) is 0 Å². The first-order valence-electron chi connectivity index (χ1n) is 6.86. The van der Waals surface area contributed by atoms with Gasteiger partial charge in [0.05, 0.1) is 15.2 Å². The SMILES string of the molecule is NCC1CCCCCC1S(=O)(=O)c1ccc(F)c(Cl)c1. The number of hydrogen-bond donors (Lipinski definition) is 1. The molecule has 1 aliphatic rings. The molecule has 20 heavy (non-hydrogen) atoms. The van der Waals surface area contributed by atoms with E-state index in [1.54, 1.807) is 0 Å². The molecule has 1 fully saturated rings. The van der Waals surface area contributed by atoms with Crippen LogP contribution in [0, 0.1) is 11.7 Å². The molecule has 0 spiro atoms. The Morgan fingerprint density at radius 2 is 1.95 bits per heavy atom. The normalized spacial score (nSPS) is 24.4. The van der Waals surface area contributed by atoms with Crippen molar-refractivity contribution in [2.24, 2.45) is 11.7 Å². The van der Waals surface area contributed by atoms with Gasteiger partial charge in [0.2, 0.25) is 0 Å². The molecule has 1 aromatic carbocycles. The zero-order chi connectivity index (χ0) is 14.8. The number of halogens is 2. The van der Waals surface area contributed by atoms with Crippen molar-refractivity contribution >= 4 is 21.4 Å². The molecule has 3 nitrogen and oxygen atoms in total. The maximum Gasteiger partial charge on any atom is 0.181 e. The fourth-order valence-corrected chi connectivity index (χ4v) is 5.22. The topological polar surface area (TPSA) is 60.2 Å². The van der Waals surface area contributed by atoms with Crippen LogP contribution in [0.3, 0.4) is 0 Å². The summed E-state index contributed by atoms with van der Waals surface area (Å²) >= 11 is 5.70. The summed E-state index contributed by atoms with van der Waals surface area (Å²) in [6.07, 6.45) is 4.37. The van der Waals surface area contributed by atoms with Crippen LogP contribution < -0.4 is 5.73 Å². The molecule has 112 valence electrons. The molecule has 2 N–H and O–H groups in total. The lowest BCUT2D eigenvalue weighted by molar-refractivity contribution is 0.456. The average Bonchev–Trinajstić information content (AvgIpc) is 2.67. The van der Waals surface area contributed by atoms with Gasteiger partial charge in [-0.1, -0.05) is 30.9 Å². The van der Waals surface area contributed by atoms with Gasteiger partial charge in [-0.25, -0.2) is 12.8 Å². The minimum Gasteiger partial charge on any atom is -0.330 e. The van der Waals surface area contributed by atoms with Gasteiger partial charge in [-0.15, -0.1) is 0 Å². The van der Waals surface area contributed by atoms with E-state index < -0.39 is 20.9 Å². The van der Waals surface area contributed by atoms with E-state index in [0.29, 0.717) is 13.0 Å². The van der Waals surface area contributed by atoms with Crippen LogP contribution in [0.5, 0.6) is 0 Å². The Labute approximate surface area is 124 Å². The van der Waals surface area contributed by atoms with E-state index in [2.05, 4.69) is 0 Å². The number of benzene rings is 1. The van der Waals surface area contributed by atoms with Crippen LogP contribution in [-0.4, -0.2) is 20.2 Å². The van der Waals surface area contributed by atoms with Crippen molar-refractivity contribution in [2.75, 3.05) is 6.54 Å². The summed E-state index contributed by atoms with van der Waals surface area (Å²) in [6, 6.07) is 3.59. The molecule has 0 aliphatic heterocycles. The monoisotopic (exact) mass is 319 g/mol. The molecule has 0 amide bonds. The predicted molar refractivity (Wildman–Crippen MR) is 78.0 cm³/mol. The zero-order valence-electron chi connectivity index (χ0n) is 11.2. The Hall–Kier alpha value is -0.650. The summed E-state index contributed by atoms with van der Waals surface area (Å²) in [5.41, 5.74) is 5.74. The van der Waals surface area contributed by atoms with Gasteiger partial charge in [-0.3, -0.25) is 0 Å². The average molecular weight is 320 g/mol. The minimum absolute atomic E-state index is 0.0358. The van der Waals surface area contributed by atoms with Crippen LogP contribution >= 0.6 is 11.6 Å². The quantitative estimate of drug-likeness (QED) is 0.687. The summed E-state index contributed by atoms with van der Waals surface area (Å²) < 4.78 is 38.7. The lowest BCUT2D eigenvalue weighted by Gasteiger charge is -2.24. The fraction of sp³-hybridized carbons (Fsp3) is 0.571. The molecule has 1 aliphatic carbocycles. The van der Waals surface area contributed by atoms with Crippen molar-refractivity contribution in [1.82, 2.24) is 0 Å². The number of nitrogens with two attached hydrogens (primary N) is 1. The maximum absolute atomic E-state index is 13.2. The van der Waals surface area contributed by atoms with E-state index in [1.165, 1.54) is 12.1 Å². The van der Waals surface area contributed by atoms with Crippen molar-refractivity contribution in [1.29, 1.82) is 0 Å². The lowest BCUT2D eigenvalue weighted by Crippen LogP contribution is -2.34. The van der Waals surface area contributed by atoms with E-state index in [4.69, 9.17) is 17.3 Å². The third-order valence-electron chi connectivity index (χ3n) is 4.01. The second-order valence-electron chi connectivity index (χ2n) is 5.29. The van der Waals surface area contributed by atoms with E-state index in [9.17, 15) is 12.8 Å². The van der Waals surface area contributed by atoms with Crippen LogP contribution in [-0.2, 0) is 9.84 Å². The maximum atomic E-state index is 13.2. The molecule has 2 unspecified atom stereocenters. The Kier molecular flexibility index (Phi) is 5.04. The highest BCUT2D eigenvalue weighted by molar-refractivity contribution is 7.92. The molecule has 2 atom stereocenters. The van der Waals surface area contributed by atoms with Gasteiger partial charge in [0.25, 0.3) is 0 Å². The number of sulfone groups is 1. The summed E-state index contributed by atoms with van der Waals surface area (Å²) in [4.78, 5) is 0.0919. The third-order valence-corrected chi connectivity index (χ3v) is 6.63. The summed E-state index contributed by atoms with van der Waals surface area (Å²) in [7, 11) is -3.52. The zero-order valence-corrected chi connectivity index (χ0v) is 12.8. The largest absolute Gasteiger partial charge is 0.330 e. The molecule has 0 radical (unpaired) electrons. The standard InChI is InChI=1S/C14H19ClFNO2S/c15-12-8-11(6-7-13(12)16)20(18,19)14-5-3-1-2-4-10(14)9-17/h6-8,10,14H,1-5,9,17H2. The van der Waals surface area contributed by atoms with Crippen molar-refractivity contribution in [3.05, 3.63) is 29.0 Å². The molecule has 6 heteroatoms. The summed E-state index contributed by atoms with van der Waals surface area (Å²) in [5, 5.41) is -0.652. The van der Waals surface area contributed by atoms with Gasteiger partial charge in [0.15, 0.2) is 9.84 Å². The van der Waals surface area contributed by atoms with Crippen molar-refractivity contribution in [2.45, 2.75) is 42.2 Å². The molecular weight excluding hydrogens is 301 g/mol. The number of hydrogen-bond acceptors (Lipinski definition) is 3. The lowest BCUT2D eigenvalue weighted by atomic mass is 10.0. The van der Waals surface area contributed by atoms with Crippen molar-refractivity contribution < 1.29 is 12.8 Å². The van der Waals surface area contributed by atoms with Gasteiger partial charge in [0.1, 0.15) is 5.82 Å². The Bertz CT molecular complexity index is 577. The van der Waals surface area contributed by atoms with Crippen molar-refractivity contribution in [3.8, 4) is 0 Å². The summed E-state index contributed by atoms with van der Waals surface area (Å²) in [6.45, 7) is 0.360. The van der Waals surface area contributed by atoms with Gasteiger partial charge in [-0.05, 0) is 43.5 Å². The van der Waals surface area contributed by atoms with Crippen LogP contribution in [0.25, 0.3) is 0 Å². The van der Waals surface area contributed by atoms with Crippen molar-refractivity contribution in [3.63, 3.8) is 0 Å². The van der Waals surface area contributed by atoms with E-state index >= 15 is 0 Å². The van der Waals surface area contributed by atoms with E-state index in [-0.39, 0.29) is 15.8 Å². The highest BCUT2D eigenvalue weighted by Gasteiger charge is 2.34. The Morgan fingerprint density at radius 1 is 1.25 bits per heavy atom. The third kappa shape index (κ3) is 3.15. The molecule has 2 rings (SSSR count). The molecule has 1 saturated carbocycles. The van der Waals surface area contributed by atoms with Gasteiger partial charge >= 0.3 is 0 Å². The van der Waals surface area contributed by atoms with E-state index in [0.717, 1.165) is 31.7 Å². The van der Waals surface area contributed by atoms with Gasteiger partial charge in [0, 0.05) is 0 Å². The minimum atomic E-state index is -3.52. The van der Waals surface area contributed by atoms with Crippen LogP contribution in [0.1, 0.15) is 32.1 Å². The molecular formula is C14H19ClFNO2S. The second kappa shape index (κ2) is 6.41. The first kappa shape index (κ1) is 15.7. The Balaban J connectivity index is 2.38. The predicted octanol–water partition coefficient (Wildman–Crippen LogP) is 3.16. The highest BCUT2D eigenvalue weighted by Crippen LogP contribution is 2.32. The first-order valence-corrected chi connectivity index (χ1v) is 8.78. The summed E-state index contributed by atoms with van der Waals surface area (Å²) in [5.74, 6) is -0.645. The van der Waals surface area contributed by atoms with Crippen LogP contribution in [0.4, 0.5) is 4.39 Å². The molecule has 0 bridgehead atoms. The van der Waals surface area contributed by atoms with Crippen LogP contribution in [0.2, 0.25) is 5.02 Å². The van der Waals surface area contributed by atoms with Gasteiger partial charge in [-0.2, -0.15) is 0 Å². The highest BCUT2D eigenvalue weighted by atomic mass is 35.5.